The highest BCUT2D eigenvalue weighted by atomic mass is 28.4. The van der Waals surface area contributed by atoms with E-state index in [4.69, 9.17) is 0 Å². The molecule has 0 bridgehead atoms. The maximum atomic E-state index is 3.00. The fourth-order valence-corrected chi connectivity index (χ4v) is 26.9. The maximum absolute atomic E-state index is 3.00. The molecule has 0 saturated heterocycles. The number of hydrogen-bond acceptors (Lipinski definition) is 2. The van der Waals surface area contributed by atoms with Gasteiger partial charge in [0.15, 0.2) is 0 Å². The van der Waals surface area contributed by atoms with E-state index in [1.165, 1.54) is 22.5 Å². The number of rotatable bonds is 8. The monoisotopic (exact) mass is 666 g/mol. The van der Waals surface area contributed by atoms with Crippen molar-refractivity contribution < 1.29 is 0 Å². The summed E-state index contributed by atoms with van der Waals surface area (Å²) in [4.78, 5) is 0. The van der Waals surface area contributed by atoms with Gasteiger partial charge in [-0.15, -0.1) is 0 Å². The quantitative estimate of drug-likeness (QED) is 0.204. The molecule has 0 heterocycles. The molecule has 0 radical (unpaired) electrons. The van der Waals surface area contributed by atoms with E-state index in [0.29, 0.717) is 0 Å². The van der Waals surface area contributed by atoms with Crippen molar-refractivity contribution in [2.75, 3.05) is 8.46 Å². The first-order valence-electron chi connectivity index (χ1n) is 16.9. The standard InChI is InChI=1S/C38H70N2Si4/c1-35(2,3)41(13,14)39(42(15,16)36(4,5)6)33-27-23-21-25-31(33)29-30-32-26-22-24-28-34(32)40(43(17,18)37(7,8)9)44(19,20)38(10,11)12/h21-30H,1-20H3. The normalized spacial score (nSPS) is 14.7. The summed E-state index contributed by atoms with van der Waals surface area (Å²) in [5.74, 6) is 0. The maximum Gasteiger partial charge on any atom is 0.147 e. The van der Waals surface area contributed by atoms with Crippen LogP contribution in [-0.4, -0.2) is 32.9 Å². The lowest BCUT2D eigenvalue weighted by molar-refractivity contribution is 0.695. The Balaban J connectivity index is 2.90. The Morgan fingerprint density at radius 2 is 0.591 bits per heavy atom. The fourth-order valence-electron chi connectivity index (χ4n) is 5.79. The van der Waals surface area contributed by atoms with Crippen LogP contribution in [0, 0.1) is 0 Å². The molecule has 44 heavy (non-hydrogen) atoms. The van der Waals surface area contributed by atoms with Crippen molar-refractivity contribution in [1.82, 2.24) is 0 Å². The first-order valence-corrected chi connectivity index (χ1v) is 28.7. The third-order valence-electron chi connectivity index (χ3n) is 12.4. The second-order valence-electron chi connectivity index (χ2n) is 19.4. The Labute approximate surface area is 279 Å². The van der Waals surface area contributed by atoms with E-state index in [-0.39, 0.29) is 20.2 Å². The molecule has 0 N–H and O–H groups in total. The smallest absolute Gasteiger partial charge is 0.147 e. The Hall–Kier alpha value is -1.35. The molecule has 0 unspecified atom stereocenters. The molecule has 0 fully saturated rings. The SMILES string of the molecule is CC(C)(C)[Si](C)(C)N(c1ccccc1C=Cc1ccccc1N([Si](C)(C)C(C)(C)C)[Si](C)(C)C(C)(C)C)[Si](C)(C)C(C)(C)C. The van der Waals surface area contributed by atoms with Crippen LogP contribution in [0.25, 0.3) is 12.2 Å². The molecule has 248 valence electrons. The number of benzene rings is 2. The minimum Gasteiger partial charge on any atom is -0.423 e. The number of para-hydroxylation sites is 2. The van der Waals surface area contributed by atoms with Crippen LogP contribution in [0.4, 0.5) is 11.4 Å². The third-order valence-corrected chi connectivity index (χ3v) is 39.2. The Morgan fingerprint density at radius 3 is 0.795 bits per heavy atom. The Morgan fingerprint density at radius 1 is 0.386 bits per heavy atom. The summed E-state index contributed by atoms with van der Waals surface area (Å²) in [5, 5.41) is 0.940. The number of hydrogen-bond donors (Lipinski definition) is 0. The van der Waals surface area contributed by atoms with Crippen molar-refractivity contribution >= 4 is 56.5 Å². The van der Waals surface area contributed by atoms with Crippen molar-refractivity contribution in [1.29, 1.82) is 0 Å². The molecule has 0 spiro atoms. The minimum absolute atomic E-state index is 0.235. The molecular weight excluding hydrogens is 597 g/mol. The van der Waals surface area contributed by atoms with Crippen molar-refractivity contribution in [2.45, 2.75) is 156 Å². The summed E-state index contributed by atoms with van der Waals surface area (Å²) in [6.07, 6.45) is 4.85. The lowest BCUT2D eigenvalue weighted by atomic mass is 10.1. The van der Waals surface area contributed by atoms with E-state index in [2.05, 4.69) is 205 Å². The van der Waals surface area contributed by atoms with E-state index in [1.807, 2.05) is 0 Å². The van der Waals surface area contributed by atoms with E-state index in [1.54, 1.807) is 0 Å². The molecule has 2 aromatic rings. The molecule has 0 aromatic heterocycles. The second kappa shape index (κ2) is 12.3. The minimum atomic E-state index is -1.92. The van der Waals surface area contributed by atoms with Gasteiger partial charge in [-0.05, 0) is 43.4 Å². The van der Waals surface area contributed by atoms with Gasteiger partial charge in [0.1, 0.15) is 32.9 Å². The zero-order valence-electron chi connectivity index (χ0n) is 32.7. The molecule has 0 aliphatic rings. The molecule has 6 heteroatoms. The van der Waals surface area contributed by atoms with Crippen LogP contribution in [0.5, 0.6) is 0 Å². The average Bonchev–Trinajstić information content (AvgIpc) is 2.81. The van der Waals surface area contributed by atoms with Gasteiger partial charge in [0.2, 0.25) is 0 Å². The first-order chi connectivity index (χ1) is 19.4. The van der Waals surface area contributed by atoms with Crippen LogP contribution in [0.3, 0.4) is 0 Å². The van der Waals surface area contributed by atoms with Crippen LogP contribution >= 0.6 is 0 Å². The molecule has 2 nitrogen and oxygen atoms in total. The summed E-state index contributed by atoms with van der Waals surface area (Å²) in [6, 6.07) is 18.5. The van der Waals surface area contributed by atoms with Gasteiger partial charge in [-0.1, -0.05) is 184 Å². The van der Waals surface area contributed by atoms with Gasteiger partial charge in [-0.2, -0.15) is 0 Å². The number of nitrogens with zero attached hydrogens (tertiary/aromatic N) is 2. The van der Waals surface area contributed by atoms with Gasteiger partial charge >= 0.3 is 0 Å². The zero-order chi connectivity index (χ0) is 34.5. The fraction of sp³-hybridized carbons (Fsp3) is 0.632. The zero-order valence-corrected chi connectivity index (χ0v) is 36.7. The lowest BCUT2D eigenvalue weighted by Crippen LogP contribution is -2.69. The van der Waals surface area contributed by atoms with Gasteiger partial charge in [0.05, 0.1) is 0 Å². The predicted octanol–water partition coefficient (Wildman–Crippen LogP) is 13.5. The van der Waals surface area contributed by atoms with E-state index < -0.39 is 32.9 Å². The summed E-state index contributed by atoms with van der Waals surface area (Å²) in [5.41, 5.74) is 5.52. The van der Waals surface area contributed by atoms with Crippen LogP contribution in [0.1, 0.15) is 94.2 Å². The molecule has 0 atom stereocenters. The van der Waals surface area contributed by atoms with Crippen molar-refractivity contribution in [2.24, 2.45) is 0 Å². The van der Waals surface area contributed by atoms with Crippen LogP contribution in [-0.2, 0) is 0 Å². The highest BCUT2D eigenvalue weighted by Gasteiger charge is 2.53. The van der Waals surface area contributed by atoms with Gasteiger partial charge in [-0.3, -0.25) is 0 Å². The van der Waals surface area contributed by atoms with Crippen molar-refractivity contribution in [3.63, 3.8) is 0 Å². The lowest BCUT2D eigenvalue weighted by Gasteiger charge is -2.59. The van der Waals surface area contributed by atoms with Gasteiger partial charge < -0.3 is 8.46 Å². The van der Waals surface area contributed by atoms with Gasteiger partial charge in [0, 0.05) is 11.4 Å². The summed E-state index contributed by atoms with van der Waals surface area (Å²) >= 11 is 0. The Bertz CT molecular complexity index is 1160. The summed E-state index contributed by atoms with van der Waals surface area (Å²) < 4.78 is 6.01. The van der Waals surface area contributed by atoms with E-state index in [9.17, 15) is 0 Å². The highest BCUT2D eigenvalue weighted by Crippen LogP contribution is 2.51. The second-order valence-corrected chi connectivity index (χ2v) is 40.5. The summed E-state index contributed by atoms with van der Waals surface area (Å²) in [7, 11) is -7.67. The molecule has 2 aromatic carbocycles. The highest BCUT2D eigenvalue weighted by molar-refractivity contribution is 7.03. The van der Waals surface area contributed by atoms with Crippen LogP contribution < -0.4 is 8.46 Å². The largest absolute Gasteiger partial charge is 0.423 e. The molecule has 0 amide bonds. The molecule has 2 rings (SSSR count). The predicted molar refractivity (Wildman–Crippen MR) is 216 cm³/mol. The molecule has 0 aliphatic heterocycles. The summed E-state index contributed by atoms with van der Waals surface area (Å²) in [6.45, 7) is 50.3. The molecular formula is C38H70N2Si4. The van der Waals surface area contributed by atoms with Crippen LogP contribution in [0.2, 0.25) is 72.5 Å². The first kappa shape index (κ1) is 38.8. The molecule has 0 aliphatic carbocycles. The number of anilines is 2. The van der Waals surface area contributed by atoms with Crippen molar-refractivity contribution in [3.05, 3.63) is 59.7 Å². The topological polar surface area (TPSA) is 6.48 Å². The van der Waals surface area contributed by atoms with Crippen molar-refractivity contribution in [3.8, 4) is 0 Å². The van der Waals surface area contributed by atoms with Gasteiger partial charge in [-0.25, -0.2) is 0 Å². The average molecular weight is 667 g/mol. The molecule has 0 saturated carbocycles. The van der Waals surface area contributed by atoms with E-state index in [0.717, 1.165) is 0 Å². The van der Waals surface area contributed by atoms with Gasteiger partial charge in [0.25, 0.3) is 0 Å². The Kier molecular flexibility index (Phi) is 10.9. The third kappa shape index (κ3) is 7.29. The van der Waals surface area contributed by atoms with E-state index >= 15 is 0 Å². The van der Waals surface area contributed by atoms with Crippen LogP contribution in [0.15, 0.2) is 48.5 Å².